The van der Waals surface area contributed by atoms with Crippen molar-refractivity contribution in [3.8, 4) is 5.75 Å². The monoisotopic (exact) mass is 433 g/mol. The van der Waals surface area contributed by atoms with Crippen molar-refractivity contribution in [2.24, 2.45) is 0 Å². The van der Waals surface area contributed by atoms with Gasteiger partial charge in [0.2, 0.25) is 0 Å². The van der Waals surface area contributed by atoms with Crippen LogP contribution in [0.3, 0.4) is 0 Å². The van der Waals surface area contributed by atoms with Crippen LogP contribution in [0.2, 0.25) is 0 Å². The van der Waals surface area contributed by atoms with Gasteiger partial charge in [-0.3, -0.25) is 14.7 Å². The van der Waals surface area contributed by atoms with E-state index in [1.165, 1.54) is 0 Å². The van der Waals surface area contributed by atoms with E-state index in [1.807, 2.05) is 47.3 Å². The Hall–Kier alpha value is -3.59. The number of benzene rings is 1. The van der Waals surface area contributed by atoms with Gasteiger partial charge in [0.15, 0.2) is 5.82 Å². The van der Waals surface area contributed by atoms with Crippen LogP contribution in [-0.2, 0) is 25.2 Å². The van der Waals surface area contributed by atoms with Crippen molar-refractivity contribution in [2.45, 2.75) is 45.9 Å². The average molecular weight is 434 g/mol. The molecule has 1 aromatic carbocycles. The topological polar surface area (TPSA) is 102 Å². The molecule has 0 aliphatic heterocycles. The molecule has 0 amide bonds. The van der Waals surface area contributed by atoms with E-state index in [2.05, 4.69) is 51.2 Å². The Morgan fingerprint density at radius 2 is 1.97 bits per heavy atom. The third-order valence-electron chi connectivity index (χ3n) is 5.19. The summed E-state index contributed by atoms with van der Waals surface area (Å²) in [6.45, 7) is 7.69. The first-order valence-corrected chi connectivity index (χ1v) is 10.4. The van der Waals surface area contributed by atoms with Gasteiger partial charge in [0.05, 0.1) is 24.7 Å². The van der Waals surface area contributed by atoms with Gasteiger partial charge < -0.3 is 9.72 Å². The van der Waals surface area contributed by atoms with E-state index in [-0.39, 0.29) is 11.1 Å². The minimum absolute atomic E-state index is 0.127. The van der Waals surface area contributed by atoms with E-state index in [4.69, 9.17) is 4.74 Å². The van der Waals surface area contributed by atoms with Crippen molar-refractivity contribution in [3.05, 3.63) is 76.1 Å². The van der Waals surface area contributed by atoms with Gasteiger partial charge >= 0.3 is 0 Å². The van der Waals surface area contributed by atoms with E-state index < -0.39 is 0 Å². The fourth-order valence-electron chi connectivity index (χ4n) is 3.65. The number of pyridine rings is 2. The molecule has 0 unspecified atom stereocenters. The predicted octanol–water partition coefficient (Wildman–Crippen LogP) is 2.88. The van der Waals surface area contributed by atoms with E-state index in [1.54, 1.807) is 13.3 Å². The number of fused-ring (bicyclic) bond motifs is 1. The quantitative estimate of drug-likeness (QED) is 0.478. The molecule has 9 heteroatoms. The molecule has 3 aromatic heterocycles. The third-order valence-corrected chi connectivity index (χ3v) is 5.19. The molecule has 0 spiro atoms. The Bertz CT molecular complexity index is 1260. The second kappa shape index (κ2) is 8.88. The van der Waals surface area contributed by atoms with Crippen LogP contribution >= 0.6 is 0 Å². The van der Waals surface area contributed by atoms with Crippen molar-refractivity contribution in [1.29, 1.82) is 0 Å². The molecule has 0 radical (unpaired) electrons. The van der Waals surface area contributed by atoms with Crippen LogP contribution in [-0.4, -0.2) is 42.2 Å². The number of methoxy groups -OCH3 is 1. The molecule has 0 atom stereocenters. The zero-order valence-corrected chi connectivity index (χ0v) is 18.7. The molecule has 0 saturated carbocycles. The van der Waals surface area contributed by atoms with Gasteiger partial charge in [0, 0.05) is 37.1 Å². The van der Waals surface area contributed by atoms with Gasteiger partial charge in [0.25, 0.3) is 5.56 Å². The highest BCUT2D eigenvalue weighted by atomic mass is 16.5. The number of H-pyrrole nitrogens is 1. The summed E-state index contributed by atoms with van der Waals surface area (Å²) in [5.74, 6) is 1.44. The molecule has 9 nitrogen and oxygen atoms in total. The van der Waals surface area contributed by atoms with Gasteiger partial charge in [0.1, 0.15) is 5.75 Å². The number of nitrogens with one attached hydrogen (secondary N) is 1. The largest absolute Gasteiger partial charge is 0.497 e. The normalized spacial score (nSPS) is 11.9. The summed E-state index contributed by atoms with van der Waals surface area (Å²) in [5, 5.41) is 13.2. The van der Waals surface area contributed by atoms with Crippen LogP contribution in [0.5, 0.6) is 5.75 Å². The molecule has 0 saturated heterocycles. The maximum absolute atomic E-state index is 12.9. The Labute approximate surface area is 186 Å². The summed E-state index contributed by atoms with van der Waals surface area (Å²) in [6.07, 6.45) is 3.58. The molecule has 4 rings (SSSR count). The lowest BCUT2D eigenvalue weighted by molar-refractivity contribution is 0.223. The first kappa shape index (κ1) is 21.6. The summed E-state index contributed by atoms with van der Waals surface area (Å²) in [7, 11) is 1.61. The smallest absolute Gasteiger partial charge is 0.252 e. The zero-order valence-electron chi connectivity index (χ0n) is 18.7. The molecule has 3 heterocycles. The van der Waals surface area contributed by atoms with E-state index in [9.17, 15) is 4.79 Å². The number of rotatable bonds is 7. The summed E-state index contributed by atoms with van der Waals surface area (Å²) >= 11 is 0. The van der Waals surface area contributed by atoms with Gasteiger partial charge in [-0.2, -0.15) is 0 Å². The van der Waals surface area contributed by atoms with Gasteiger partial charge in [-0.25, -0.2) is 4.68 Å². The highest BCUT2D eigenvalue weighted by Gasteiger charge is 2.22. The lowest BCUT2D eigenvalue weighted by atomic mass is 10.1. The molecular weight excluding hydrogens is 406 g/mol. The maximum atomic E-state index is 12.9. The van der Waals surface area contributed by atoms with Gasteiger partial charge in [-0.15, -0.1) is 5.10 Å². The minimum Gasteiger partial charge on any atom is -0.497 e. The van der Waals surface area contributed by atoms with Crippen molar-refractivity contribution < 1.29 is 4.74 Å². The van der Waals surface area contributed by atoms with Crippen molar-refractivity contribution >= 4 is 10.9 Å². The Morgan fingerprint density at radius 3 is 2.69 bits per heavy atom. The molecule has 0 aliphatic rings. The Balaban J connectivity index is 1.67. The van der Waals surface area contributed by atoms with Crippen LogP contribution in [0.1, 0.15) is 37.7 Å². The molecule has 0 bridgehead atoms. The van der Waals surface area contributed by atoms with Crippen molar-refractivity contribution in [3.63, 3.8) is 0 Å². The van der Waals surface area contributed by atoms with E-state index in [0.29, 0.717) is 30.9 Å². The van der Waals surface area contributed by atoms with Crippen molar-refractivity contribution in [2.75, 3.05) is 7.11 Å². The average Bonchev–Trinajstić information content (AvgIpc) is 3.23. The molecular formula is C23H27N7O2. The third kappa shape index (κ3) is 4.83. The predicted molar refractivity (Wildman–Crippen MR) is 121 cm³/mol. The Morgan fingerprint density at radius 1 is 1.12 bits per heavy atom. The van der Waals surface area contributed by atoms with Gasteiger partial charge in [-0.05, 0) is 66.4 Å². The van der Waals surface area contributed by atoms with Crippen LogP contribution in [0.15, 0.2) is 53.6 Å². The number of aromatic amines is 1. The number of tetrazole rings is 1. The number of hydrogen-bond donors (Lipinski definition) is 1. The number of nitrogens with zero attached hydrogens (tertiary/aromatic N) is 6. The zero-order chi connectivity index (χ0) is 22.7. The molecule has 0 aliphatic carbocycles. The van der Waals surface area contributed by atoms with Crippen LogP contribution in [0.4, 0.5) is 0 Å². The lowest BCUT2D eigenvalue weighted by Gasteiger charge is -2.25. The molecule has 0 fully saturated rings. The summed E-state index contributed by atoms with van der Waals surface area (Å²) in [5.41, 5.74) is 2.08. The number of hydrogen-bond acceptors (Lipinski definition) is 7. The standard InChI is InChI=1S/C23H27N7O2/c1-23(2,3)30-21(26-27-28-30)15-29(13-16-6-5-9-24-12-16)14-18-10-17-7-8-19(32-4)11-20(17)25-22(18)31/h5-12H,13-15H2,1-4H3,(H,25,31). The highest BCUT2D eigenvalue weighted by Crippen LogP contribution is 2.20. The van der Waals surface area contributed by atoms with Crippen LogP contribution in [0.25, 0.3) is 10.9 Å². The fourth-order valence-corrected chi connectivity index (χ4v) is 3.65. The Kier molecular flexibility index (Phi) is 6.00. The highest BCUT2D eigenvalue weighted by molar-refractivity contribution is 5.80. The maximum Gasteiger partial charge on any atom is 0.252 e. The lowest BCUT2D eigenvalue weighted by Crippen LogP contribution is -2.31. The molecule has 1 N–H and O–H groups in total. The van der Waals surface area contributed by atoms with E-state index >= 15 is 0 Å². The fraction of sp³-hybridized carbons (Fsp3) is 0.348. The second-order valence-corrected chi connectivity index (χ2v) is 8.76. The first-order valence-electron chi connectivity index (χ1n) is 10.4. The molecule has 4 aromatic rings. The van der Waals surface area contributed by atoms with E-state index in [0.717, 1.165) is 22.3 Å². The van der Waals surface area contributed by atoms with Gasteiger partial charge in [-0.1, -0.05) is 6.07 Å². The molecule has 166 valence electrons. The number of aromatic nitrogens is 6. The minimum atomic E-state index is -0.252. The number of ether oxygens (including phenoxy) is 1. The van der Waals surface area contributed by atoms with Crippen LogP contribution < -0.4 is 10.3 Å². The van der Waals surface area contributed by atoms with Crippen molar-refractivity contribution in [1.82, 2.24) is 35.1 Å². The second-order valence-electron chi connectivity index (χ2n) is 8.76. The SMILES string of the molecule is COc1ccc2cc(CN(Cc3cccnc3)Cc3nnnn3C(C)(C)C)c(=O)[nH]c2c1. The summed E-state index contributed by atoms with van der Waals surface area (Å²) in [4.78, 5) is 22.2. The summed E-state index contributed by atoms with van der Waals surface area (Å²) < 4.78 is 7.08. The van der Waals surface area contributed by atoms with Crippen LogP contribution in [0, 0.1) is 0 Å². The molecule has 32 heavy (non-hydrogen) atoms. The summed E-state index contributed by atoms with van der Waals surface area (Å²) in [6, 6.07) is 11.5. The first-order chi connectivity index (χ1) is 15.3.